The number of ether oxygens (including phenoxy) is 2. The molecular formula is C23H33N3O5. The van der Waals surface area contributed by atoms with Crippen LogP contribution in [-0.4, -0.2) is 73.5 Å². The third-order valence-corrected chi connectivity index (χ3v) is 6.06. The molecule has 3 atom stereocenters. The summed E-state index contributed by atoms with van der Waals surface area (Å²) in [6.07, 6.45) is 1.58. The van der Waals surface area contributed by atoms with E-state index in [9.17, 15) is 14.4 Å². The van der Waals surface area contributed by atoms with Gasteiger partial charge in [0.1, 0.15) is 12.4 Å². The molecular weight excluding hydrogens is 398 g/mol. The summed E-state index contributed by atoms with van der Waals surface area (Å²) in [6, 6.07) is 4.94. The predicted molar refractivity (Wildman–Crippen MR) is 117 cm³/mol. The molecule has 2 aliphatic rings. The van der Waals surface area contributed by atoms with Gasteiger partial charge >= 0.3 is 0 Å². The average molecular weight is 432 g/mol. The summed E-state index contributed by atoms with van der Waals surface area (Å²) in [7, 11) is 3.34. The first-order valence-corrected chi connectivity index (χ1v) is 10.8. The van der Waals surface area contributed by atoms with E-state index in [2.05, 4.69) is 5.32 Å². The van der Waals surface area contributed by atoms with Crippen molar-refractivity contribution in [2.24, 2.45) is 11.8 Å². The van der Waals surface area contributed by atoms with E-state index >= 15 is 0 Å². The van der Waals surface area contributed by atoms with E-state index in [4.69, 9.17) is 9.47 Å². The van der Waals surface area contributed by atoms with Gasteiger partial charge in [-0.3, -0.25) is 14.4 Å². The molecule has 8 heteroatoms. The molecule has 1 fully saturated rings. The van der Waals surface area contributed by atoms with Crippen LogP contribution in [0.15, 0.2) is 18.2 Å². The molecule has 0 radical (unpaired) electrons. The minimum Gasteiger partial charge on any atom is -0.491 e. The number of amides is 3. The molecule has 8 nitrogen and oxygen atoms in total. The molecule has 31 heavy (non-hydrogen) atoms. The normalized spacial score (nSPS) is 25.1. The maximum atomic E-state index is 13.3. The Hall–Kier alpha value is -2.61. The number of nitrogens with one attached hydrogen (secondary N) is 1. The van der Waals surface area contributed by atoms with Gasteiger partial charge in [-0.05, 0) is 38.0 Å². The predicted octanol–water partition coefficient (Wildman–Crippen LogP) is 2.39. The number of carbonyl (C=O) groups excluding carboxylic acids is 3. The second-order valence-corrected chi connectivity index (χ2v) is 8.74. The zero-order valence-corrected chi connectivity index (χ0v) is 19.0. The Morgan fingerprint density at radius 1 is 1.19 bits per heavy atom. The van der Waals surface area contributed by atoms with Crippen molar-refractivity contribution >= 4 is 23.4 Å². The SMILES string of the molecule is CO[C@@H]1CN(C)C(=O)c2cc(NC(=O)C3CC3)ccc2OC[C@H](C)N(C(C)=O)C[C@@H]1C. The van der Waals surface area contributed by atoms with E-state index in [-0.39, 0.29) is 48.3 Å². The molecule has 1 aliphatic heterocycles. The quantitative estimate of drug-likeness (QED) is 0.794. The summed E-state index contributed by atoms with van der Waals surface area (Å²) in [6.45, 7) is 6.63. The molecule has 0 bridgehead atoms. The minimum atomic E-state index is -0.232. The van der Waals surface area contributed by atoms with Crippen LogP contribution in [0, 0.1) is 11.8 Å². The maximum Gasteiger partial charge on any atom is 0.257 e. The first kappa shape index (κ1) is 23.1. The van der Waals surface area contributed by atoms with Crippen molar-refractivity contribution in [3.8, 4) is 5.75 Å². The minimum absolute atomic E-state index is 0.0196. The van der Waals surface area contributed by atoms with E-state index in [0.29, 0.717) is 30.1 Å². The fraction of sp³-hybridized carbons (Fsp3) is 0.609. The summed E-state index contributed by atoms with van der Waals surface area (Å²) in [5.41, 5.74) is 0.948. The second kappa shape index (κ2) is 9.68. The Kier molecular flexibility index (Phi) is 7.20. The zero-order chi connectivity index (χ0) is 22.7. The third kappa shape index (κ3) is 5.55. The van der Waals surface area contributed by atoms with Gasteiger partial charge in [0.2, 0.25) is 11.8 Å². The maximum absolute atomic E-state index is 13.3. The largest absolute Gasteiger partial charge is 0.491 e. The van der Waals surface area contributed by atoms with Gasteiger partial charge in [-0.2, -0.15) is 0 Å². The van der Waals surface area contributed by atoms with E-state index in [1.165, 1.54) is 0 Å². The van der Waals surface area contributed by atoms with Crippen molar-refractivity contribution < 1.29 is 23.9 Å². The number of anilines is 1. The number of carbonyl (C=O) groups is 3. The Bertz CT molecular complexity index is 839. The number of nitrogens with zero attached hydrogens (tertiary/aromatic N) is 2. The van der Waals surface area contributed by atoms with Gasteiger partial charge in [-0.25, -0.2) is 0 Å². The van der Waals surface area contributed by atoms with Crippen molar-refractivity contribution in [3.05, 3.63) is 23.8 Å². The second-order valence-electron chi connectivity index (χ2n) is 8.74. The number of rotatable bonds is 3. The van der Waals surface area contributed by atoms with Crippen LogP contribution in [0.25, 0.3) is 0 Å². The number of likely N-dealkylation sites (N-methyl/N-ethyl adjacent to an activating group) is 1. The standard InChI is InChI=1S/C23H33N3O5/c1-14-11-26(16(3)27)15(2)13-31-20-9-8-18(24-22(28)17-6-7-17)10-19(20)23(29)25(4)12-21(14)30-5/h8-10,14-15,17,21H,6-7,11-13H2,1-5H3,(H,24,28)/t14-,15-,21+/m0/s1. The Morgan fingerprint density at radius 2 is 1.90 bits per heavy atom. The third-order valence-electron chi connectivity index (χ3n) is 6.06. The monoisotopic (exact) mass is 431 g/mol. The Labute approximate surface area is 183 Å². The zero-order valence-electron chi connectivity index (χ0n) is 19.0. The molecule has 0 aromatic heterocycles. The highest BCUT2D eigenvalue weighted by Crippen LogP contribution is 2.31. The lowest BCUT2D eigenvalue weighted by Gasteiger charge is -2.35. The lowest BCUT2D eigenvalue weighted by atomic mass is 10.0. The molecule has 3 rings (SSSR count). The van der Waals surface area contributed by atoms with Crippen molar-refractivity contribution in [1.29, 1.82) is 0 Å². The molecule has 0 spiro atoms. The molecule has 1 saturated carbocycles. The van der Waals surface area contributed by atoms with E-state index in [1.807, 2.05) is 13.8 Å². The van der Waals surface area contributed by atoms with E-state index in [1.54, 1.807) is 49.1 Å². The van der Waals surface area contributed by atoms with Gasteiger partial charge in [-0.1, -0.05) is 6.92 Å². The van der Waals surface area contributed by atoms with Crippen molar-refractivity contribution in [2.75, 3.05) is 39.2 Å². The molecule has 0 unspecified atom stereocenters. The van der Waals surface area contributed by atoms with Gasteiger partial charge in [0.25, 0.3) is 5.91 Å². The number of fused-ring (bicyclic) bond motifs is 1. The first-order chi connectivity index (χ1) is 14.7. The van der Waals surface area contributed by atoms with Gasteiger partial charge in [0, 0.05) is 51.7 Å². The summed E-state index contributed by atoms with van der Waals surface area (Å²) >= 11 is 0. The average Bonchev–Trinajstić information content (AvgIpc) is 3.58. The van der Waals surface area contributed by atoms with Crippen LogP contribution in [-0.2, 0) is 14.3 Å². The molecule has 1 aliphatic carbocycles. The lowest BCUT2D eigenvalue weighted by Crippen LogP contribution is -2.48. The number of hydrogen-bond donors (Lipinski definition) is 1. The summed E-state index contributed by atoms with van der Waals surface area (Å²) in [4.78, 5) is 41.1. The molecule has 3 amide bonds. The van der Waals surface area contributed by atoms with Crippen LogP contribution in [0.2, 0.25) is 0 Å². The van der Waals surface area contributed by atoms with Gasteiger partial charge in [0.15, 0.2) is 0 Å². The number of hydrogen-bond acceptors (Lipinski definition) is 5. The van der Waals surface area contributed by atoms with Crippen molar-refractivity contribution in [1.82, 2.24) is 9.80 Å². The Balaban J connectivity index is 1.93. The smallest absolute Gasteiger partial charge is 0.257 e. The molecule has 1 aromatic carbocycles. The van der Waals surface area contributed by atoms with Crippen molar-refractivity contribution in [2.45, 2.75) is 45.8 Å². The van der Waals surface area contributed by atoms with Crippen LogP contribution in [0.1, 0.15) is 44.0 Å². The lowest BCUT2D eigenvalue weighted by molar-refractivity contribution is -0.133. The summed E-state index contributed by atoms with van der Waals surface area (Å²) in [5.74, 6) is 0.265. The summed E-state index contributed by atoms with van der Waals surface area (Å²) in [5, 5.41) is 2.89. The molecule has 170 valence electrons. The van der Waals surface area contributed by atoms with Crippen LogP contribution in [0.5, 0.6) is 5.75 Å². The molecule has 0 saturated heterocycles. The highest BCUT2D eigenvalue weighted by Gasteiger charge is 2.31. The number of methoxy groups -OCH3 is 1. The first-order valence-electron chi connectivity index (χ1n) is 10.8. The van der Waals surface area contributed by atoms with Gasteiger partial charge in [-0.15, -0.1) is 0 Å². The summed E-state index contributed by atoms with van der Waals surface area (Å²) < 4.78 is 11.7. The topological polar surface area (TPSA) is 88.2 Å². The molecule has 1 N–H and O–H groups in total. The fourth-order valence-corrected chi connectivity index (χ4v) is 3.88. The highest BCUT2D eigenvalue weighted by molar-refractivity contribution is 6.00. The number of benzene rings is 1. The van der Waals surface area contributed by atoms with Crippen molar-refractivity contribution in [3.63, 3.8) is 0 Å². The van der Waals surface area contributed by atoms with E-state index in [0.717, 1.165) is 12.8 Å². The van der Waals surface area contributed by atoms with Crippen LogP contribution in [0.4, 0.5) is 5.69 Å². The Morgan fingerprint density at radius 3 is 2.52 bits per heavy atom. The van der Waals surface area contributed by atoms with Crippen LogP contribution in [0.3, 0.4) is 0 Å². The molecule has 1 heterocycles. The highest BCUT2D eigenvalue weighted by atomic mass is 16.5. The van der Waals surface area contributed by atoms with E-state index < -0.39 is 0 Å². The fourth-order valence-electron chi connectivity index (χ4n) is 3.88. The van der Waals surface area contributed by atoms with Gasteiger partial charge in [0.05, 0.1) is 17.7 Å². The molecule has 1 aromatic rings. The van der Waals surface area contributed by atoms with Gasteiger partial charge < -0.3 is 24.6 Å². The van der Waals surface area contributed by atoms with Crippen LogP contribution < -0.4 is 10.1 Å². The van der Waals surface area contributed by atoms with Crippen LogP contribution >= 0.6 is 0 Å².